The number of carbonyl (C=O) groups is 3. The molecule has 216 valence electrons. The monoisotopic (exact) mass is 574 g/mol. The van der Waals surface area contributed by atoms with E-state index in [1.54, 1.807) is 36.0 Å². The third-order valence-corrected chi connectivity index (χ3v) is 6.61. The van der Waals surface area contributed by atoms with Crippen LogP contribution in [0.3, 0.4) is 0 Å². The smallest absolute Gasteiger partial charge is 0.272 e. The van der Waals surface area contributed by atoms with E-state index in [4.69, 9.17) is 11.1 Å². The summed E-state index contributed by atoms with van der Waals surface area (Å²) in [5.74, 6) is -1.12. The number of nitrogens with zero attached hydrogens (tertiary/aromatic N) is 2. The lowest BCUT2D eigenvalue weighted by Gasteiger charge is -2.04. The van der Waals surface area contributed by atoms with Gasteiger partial charge in [0.15, 0.2) is 0 Å². The van der Waals surface area contributed by atoms with E-state index < -0.39 is 5.91 Å². The lowest BCUT2D eigenvalue weighted by Crippen LogP contribution is -2.28. The molecule has 3 heterocycles. The number of carbonyl (C=O) groups excluding carboxylic acids is 3. The number of nitrogens with two attached hydrogens (primary N) is 1. The Balaban J connectivity index is 1.15. The van der Waals surface area contributed by atoms with Gasteiger partial charge in [-0.25, -0.2) is 0 Å². The molecule has 0 saturated heterocycles. The summed E-state index contributed by atoms with van der Waals surface area (Å²) in [6.07, 6.45) is 9.15. The molecule has 3 amide bonds. The van der Waals surface area contributed by atoms with Gasteiger partial charge in [0.25, 0.3) is 17.7 Å². The summed E-state index contributed by atoms with van der Waals surface area (Å²) in [6.45, 7) is 0.239. The Bertz CT molecular complexity index is 1850. The van der Waals surface area contributed by atoms with Crippen LogP contribution < -0.4 is 21.7 Å². The summed E-state index contributed by atoms with van der Waals surface area (Å²) >= 11 is 0. The van der Waals surface area contributed by atoms with E-state index in [0.717, 1.165) is 22.0 Å². The number of H-pyrrole nitrogens is 1. The molecule has 5 rings (SSSR count). The highest BCUT2D eigenvalue weighted by Crippen LogP contribution is 2.18. The first kappa shape index (κ1) is 28.6. The van der Waals surface area contributed by atoms with Crippen LogP contribution in [0.4, 0.5) is 11.4 Å². The molecule has 0 aliphatic rings. The lowest BCUT2D eigenvalue weighted by atomic mass is 10.1. The molecule has 0 fully saturated rings. The number of amidine groups is 1. The second-order valence-electron chi connectivity index (χ2n) is 9.88. The molecule has 11 heteroatoms. The van der Waals surface area contributed by atoms with Crippen LogP contribution in [0.15, 0.2) is 85.3 Å². The summed E-state index contributed by atoms with van der Waals surface area (Å²) < 4.78 is 1.58. The fraction of sp³-hybridized carbons (Fsp3) is 0.0938. The average Bonchev–Trinajstić information content (AvgIpc) is 3.62. The minimum Gasteiger partial charge on any atom is -0.388 e. The SMILES string of the molecule is Cn1cc(NC(=O)c2cc(NC(=O)c3ccc(/C=C/c4cnc5ccccc5c4)cc3)c[nH]2)cc1C(=O)NCCC(=N)N. The molecule has 2 aromatic carbocycles. The van der Waals surface area contributed by atoms with Crippen molar-refractivity contribution in [3.05, 3.63) is 113 Å². The zero-order valence-corrected chi connectivity index (χ0v) is 23.3. The van der Waals surface area contributed by atoms with E-state index in [0.29, 0.717) is 22.6 Å². The molecular weight excluding hydrogens is 544 g/mol. The Labute approximate surface area is 247 Å². The molecule has 0 atom stereocenters. The second kappa shape index (κ2) is 12.7. The molecule has 5 aromatic rings. The van der Waals surface area contributed by atoms with E-state index in [9.17, 15) is 14.4 Å². The van der Waals surface area contributed by atoms with Gasteiger partial charge in [-0.1, -0.05) is 42.5 Å². The average molecular weight is 575 g/mol. The zero-order chi connectivity index (χ0) is 30.3. The van der Waals surface area contributed by atoms with E-state index in [1.807, 2.05) is 54.7 Å². The number of aryl methyl sites for hydroxylation is 1. The number of aromatic nitrogens is 3. The van der Waals surface area contributed by atoms with Gasteiger partial charge in [-0.15, -0.1) is 0 Å². The third kappa shape index (κ3) is 7.22. The van der Waals surface area contributed by atoms with Crippen LogP contribution in [0, 0.1) is 5.41 Å². The Morgan fingerprint density at radius 1 is 0.930 bits per heavy atom. The van der Waals surface area contributed by atoms with E-state index in [2.05, 4.69) is 32.0 Å². The minimum atomic E-state index is -0.438. The number of amides is 3. The molecular formula is C32H30N8O3. The number of para-hydroxylation sites is 1. The highest BCUT2D eigenvalue weighted by molar-refractivity contribution is 6.07. The molecule has 3 aromatic heterocycles. The first-order valence-corrected chi connectivity index (χ1v) is 13.5. The number of rotatable bonds is 10. The third-order valence-electron chi connectivity index (χ3n) is 6.61. The maximum Gasteiger partial charge on any atom is 0.272 e. The quantitative estimate of drug-likeness (QED) is 0.105. The molecule has 0 radical (unpaired) electrons. The summed E-state index contributed by atoms with van der Waals surface area (Å²) in [5, 5.41) is 16.5. The van der Waals surface area contributed by atoms with Gasteiger partial charge in [0.05, 0.1) is 22.7 Å². The first-order chi connectivity index (χ1) is 20.7. The van der Waals surface area contributed by atoms with Crippen molar-refractivity contribution in [3.8, 4) is 0 Å². The number of pyridine rings is 1. The van der Waals surface area contributed by atoms with Gasteiger partial charge < -0.3 is 31.2 Å². The van der Waals surface area contributed by atoms with Crippen molar-refractivity contribution in [2.75, 3.05) is 17.2 Å². The summed E-state index contributed by atoms with van der Waals surface area (Å²) in [5.41, 5.74) is 10.1. The number of anilines is 2. The first-order valence-electron chi connectivity index (χ1n) is 13.5. The van der Waals surface area contributed by atoms with Crippen molar-refractivity contribution in [2.24, 2.45) is 12.8 Å². The lowest BCUT2D eigenvalue weighted by molar-refractivity contribution is 0.0945. The van der Waals surface area contributed by atoms with E-state index in [-0.39, 0.29) is 36.3 Å². The van der Waals surface area contributed by atoms with Gasteiger partial charge in [0.1, 0.15) is 11.4 Å². The van der Waals surface area contributed by atoms with Crippen molar-refractivity contribution in [1.29, 1.82) is 5.41 Å². The van der Waals surface area contributed by atoms with Gasteiger partial charge in [0, 0.05) is 49.6 Å². The fourth-order valence-electron chi connectivity index (χ4n) is 4.38. The summed E-state index contributed by atoms with van der Waals surface area (Å²) in [6, 6.07) is 20.3. The maximum atomic E-state index is 12.8. The Hall–Kier alpha value is -5.97. The minimum absolute atomic E-state index is 0.0151. The van der Waals surface area contributed by atoms with Crippen molar-refractivity contribution in [2.45, 2.75) is 6.42 Å². The number of aromatic amines is 1. The second-order valence-corrected chi connectivity index (χ2v) is 9.88. The predicted molar refractivity (Wildman–Crippen MR) is 168 cm³/mol. The summed E-state index contributed by atoms with van der Waals surface area (Å²) in [4.78, 5) is 45.3. The van der Waals surface area contributed by atoms with Crippen LogP contribution in [-0.4, -0.2) is 44.6 Å². The molecule has 0 spiro atoms. The van der Waals surface area contributed by atoms with Gasteiger partial charge in [0.2, 0.25) is 0 Å². The Morgan fingerprint density at radius 3 is 2.47 bits per heavy atom. The molecule has 11 nitrogen and oxygen atoms in total. The highest BCUT2D eigenvalue weighted by atomic mass is 16.2. The number of fused-ring (bicyclic) bond motifs is 1. The van der Waals surface area contributed by atoms with Crippen molar-refractivity contribution >= 4 is 58.0 Å². The van der Waals surface area contributed by atoms with E-state index >= 15 is 0 Å². The topological polar surface area (TPSA) is 171 Å². The van der Waals surface area contributed by atoms with Crippen LogP contribution in [-0.2, 0) is 7.05 Å². The Kier molecular flexibility index (Phi) is 8.43. The van der Waals surface area contributed by atoms with Crippen LogP contribution in [0.25, 0.3) is 23.1 Å². The molecule has 0 aliphatic carbocycles. The van der Waals surface area contributed by atoms with Crippen LogP contribution >= 0.6 is 0 Å². The van der Waals surface area contributed by atoms with Crippen LogP contribution in [0.1, 0.15) is 48.9 Å². The normalized spacial score (nSPS) is 11.0. The number of benzene rings is 2. The predicted octanol–water partition coefficient (Wildman–Crippen LogP) is 4.63. The fourth-order valence-corrected chi connectivity index (χ4v) is 4.38. The largest absolute Gasteiger partial charge is 0.388 e. The van der Waals surface area contributed by atoms with Crippen LogP contribution in [0.2, 0.25) is 0 Å². The molecule has 0 saturated carbocycles. The van der Waals surface area contributed by atoms with Crippen molar-refractivity contribution in [1.82, 2.24) is 19.9 Å². The van der Waals surface area contributed by atoms with E-state index in [1.165, 1.54) is 12.3 Å². The molecule has 7 N–H and O–H groups in total. The maximum absolute atomic E-state index is 12.8. The molecule has 43 heavy (non-hydrogen) atoms. The van der Waals surface area contributed by atoms with Gasteiger partial charge >= 0.3 is 0 Å². The standard InChI is InChI=1S/C32H30N8O3/c1-40-19-25(16-28(40)32(43)35-13-12-29(33)34)39-31(42)27-15-24(18-37-27)38-30(41)22-10-8-20(9-11-22)6-7-21-14-23-4-2-3-5-26(23)36-17-21/h2-11,14-19,37H,12-13H2,1H3,(H3,33,34)(H,35,43)(H,38,41)(H,39,42)/b7-6+. The highest BCUT2D eigenvalue weighted by Gasteiger charge is 2.16. The molecule has 0 bridgehead atoms. The van der Waals surface area contributed by atoms with Gasteiger partial charge in [-0.2, -0.15) is 0 Å². The molecule has 0 aliphatic heterocycles. The number of hydrogen-bond acceptors (Lipinski definition) is 5. The van der Waals surface area contributed by atoms with Crippen molar-refractivity contribution < 1.29 is 14.4 Å². The van der Waals surface area contributed by atoms with Crippen LogP contribution in [0.5, 0.6) is 0 Å². The molecule has 0 unspecified atom stereocenters. The Morgan fingerprint density at radius 2 is 1.67 bits per heavy atom. The zero-order valence-electron chi connectivity index (χ0n) is 23.3. The number of nitrogens with one attached hydrogen (secondary N) is 5. The van der Waals surface area contributed by atoms with Crippen molar-refractivity contribution in [3.63, 3.8) is 0 Å². The summed E-state index contributed by atoms with van der Waals surface area (Å²) in [7, 11) is 1.68. The van der Waals surface area contributed by atoms with Gasteiger partial charge in [-0.05, 0) is 47.5 Å². The number of hydrogen-bond donors (Lipinski definition) is 6. The van der Waals surface area contributed by atoms with Gasteiger partial charge in [-0.3, -0.25) is 24.8 Å².